The maximum atomic E-state index is 12.7. The molecule has 0 aliphatic carbocycles. The molecule has 0 radical (unpaired) electrons. The van der Waals surface area contributed by atoms with Gasteiger partial charge in [-0.05, 0) is 19.0 Å². The van der Waals surface area contributed by atoms with Crippen molar-refractivity contribution in [3.63, 3.8) is 0 Å². The lowest BCUT2D eigenvalue weighted by molar-refractivity contribution is -0.132. The van der Waals surface area contributed by atoms with Crippen molar-refractivity contribution in [1.29, 1.82) is 0 Å². The third kappa shape index (κ3) is 4.07. The molecule has 1 aliphatic heterocycles. The van der Waals surface area contributed by atoms with Crippen molar-refractivity contribution in [3.05, 3.63) is 36.5 Å². The lowest BCUT2D eigenvalue weighted by Crippen LogP contribution is -2.50. The number of hydrogen-bond acceptors (Lipinski definition) is 4. The summed E-state index contributed by atoms with van der Waals surface area (Å²) < 4.78 is 2.07. The van der Waals surface area contributed by atoms with Gasteiger partial charge in [0.2, 0.25) is 5.91 Å². The second kappa shape index (κ2) is 8.06. The van der Waals surface area contributed by atoms with Crippen LogP contribution in [-0.4, -0.2) is 63.2 Å². The summed E-state index contributed by atoms with van der Waals surface area (Å²) in [5.74, 6) is 0.213. The summed E-state index contributed by atoms with van der Waals surface area (Å²) in [6.45, 7) is 8.81. The fourth-order valence-corrected chi connectivity index (χ4v) is 4.07. The van der Waals surface area contributed by atoms with E-state index >= 15 is 0 Å². The van der Waals surface area contributed by atoms with Crippen LogP contribution in [0.1, 0.15) is 13.8 Å². The van der Waals surface area contributed by atoms with E-state index in [2.05, 4.69) is 33.5 Å². The zero-order valence-corrected chi connectivity index (χ0v) is 16.0. The van der Waals surface area contributed by atoms with Crippen LogP contribution in [0.15, 0.2) is 41.7 Å². The molecule has 2 heterocycles. The first-order valence-electron chi connectivity index (χ1n) is 8.85. The van der Waals surface area contributed by atoms with Crippen LogP contribution in [0.3, 0.4) is 0 Å². The highest BCUT2D eigenvalue weighted by Gasteiger charge is 2.26. The van der Waals surface area contributed by atoms with Crippen molar-refractivity contribution in [1.82, 2.24) is 19.4 Å². The minimum Gasteiger partial charge on any atom is -0.339 e. The molecule has 0 bridgehead atoms. The number of imidazole rings is 1. The van der Waals surface area contributed by atoms with Gasteiger partial charge in [-0.15, -0.1) is 0 Å². The van der Waals surface area contributed by atoms with Crippen LogP contribution >= 0.6 is 11.8 Å². The van der Waals surface area contributed by atoms with Crippen LogP contribution in [0.5, 0.6) is 0 Å². The number of rotatable bonds is 5. The highest BCUT2D eigenvalue weighted by molar-refractivity contribution is 8.00. The number of carbonyl (C=O) groups is 1. The molecular weight excluding hydrogens is 332 g/mol. The summed E-state index contributed by atoms with van der Waals surface area (Å²) in [4.78, 5) is 21.6. The molecule has 1 saturated heterocycles. The van der Waals surface area contributed by atoms with Gasteiger partial charge in [-0.25, -0.2) is 4.98 Å². The Balaban J connectivity index is 1.64. The summed E-state index contributed by atoms with van der Waals surface area (Å²) in [7, 11) is 2.01. The molecular formula is C19H26N4OS. The first-order chi connectivity index (χ1) is 12.1. The Kier molecular flexibility index (Phi) is 5.81. The maximum Gasteiger partial charge on any atom is 0.235 e. The average Bonchev–Trinajstić information content (AvgIpc) is 3.02. The molecule has 0 saturated carbocycles. The van der Waals surface area contributed by atoms with E-state index in [0.717, 1.165) is 49.1 Å². The molecule has 1 aromatic heterocycles. The van der Waals surface area contributed by atoms with Gasteiger partial charge in [0.15, 0.2) is 5.16 Å². The van der Waals surface area contributed by atoms with Crippen LogP contribution in [0.2, 0.25) is 0 Å². The lowest BCUT2D eigenvalue weighted by Gasteiger charge is -2.35. The Morgan fingerprint density at radius 2 is 1.88 bits per heavy atom. The Morgan fingerprint density at radius 1 is 1.20 bits per heavy atom. The van der Waals surface area contributed by atoms with Gasteiger partial charge in [-0.2, -0.15) is 0 Å². The van der Waals surface area contributed by atoms with Crippen molar-refractivity contribution in [2.45, 2.75) is 24.3 Å². The zero-order valence-electron chi connectivity index (χ0n) is 15.2. The number of likely N-dealkylation sites (N-methyl/N-ethyl adjacent to an activating group) is 1. The molecule has 0 spiro atoms. The minimum atomic E-state index is -0.127. The predicted octanol–water partition coefficient (Wildman–Crippen LogP) is 2.73. The van der Waals surface area contributed by atoms with E-state index in [1.807, 2.05) is 43.3 Å². The van der Waals surface area contributed by atoms with E-state index in [-0.39, 0.29) is 11.2 Å². The first kappa shape index (κ1) is 18.0. The molecule has 1 atom stereocenters. The normalized spacial score (nSPS) is 16.8. The van der Waals surface area contributed by atoms with Gasteiger partial charge in [0, 0.05) is 33.2 Å². The zero-order chi connectivity index (χ0) is 17.8. The molecule has 134 valence electrons. The van der Waals surface area contributed by atoms with Crippen LogP contribution < -0.4 is 0 Å². The van der Waals surface area contributed by atoms with E-state index in [1.54, 1.807) is 11.8 Å². The smallest absolute Gasteiger partial charge is 0.235 e. The van der Waals surface area contributed by atoms with Crippen molar-refractivity contribution < 1.29 is 4.79 Å². The molecule has 1 fully saturated rings. The molecule has 6 heteroatoms. The van der Waals surface area contributed by atoms with Crippen LogP contribution in [0.4, 0.5) is 0 Å². The largest absolute Gasteiger partial charge is 0.339 e. The van der Waals surface area contributed by atoms with Gasteiger partial charge in [0.1, 0.15) is 0 Å². The Hall–Kier alpha value is -1.79. The van der Waals surface area contributed by atoms with Crippen molar-refractivity contribution >= 4 is 17.7 Å². The Labute approximate surface area is 154 Å². The molecule has 1 amide bonds. The number of nitrogens with zero attached hydrogens (tertiary/aromatic N) is 4. The number of hydrogen-bond donors (Lipinski definition) is 0. The van der Waals surface area contributed by atoms with Gasteiger partial charge < -0.3 is 14.4 Å². The quantitative estimate of drug-likeness (QED) is 0.771. The molecule has 1 aromatic carbocycles. The number of aromatic nitrogens is 2. The standard InChI is InChI=1S/C19H26N4OS/c1-4-22-10-12-23(13-11-22)18(24)15(2)25-19-20-14-17(21(19)3)16-8-6-5-7-9-16/h5-9,14-15H,4,10-13H2,1-3H3/t15-/m1/s1. The topological polar surface area (TPSA) is 41.4 Å². The summed E-state index contributed by atoms with van der Waals surface area (Å²) in [5, 5.41) is 0.754. The van der Waals surface area contributed by atoms with E-state index in [0.29, 0.717) is 0 Å². The van der Waals surface area contributed by atoms with Gasteiger partial charge >= 0.3 is 0 Å². The lowest BCUT2D eigenvalue weighted by atomic mass is 10.2. The monoisotopic (exact) mass is 358 g/mol. The molecule has 1 aliphatic rings. The van der Waals surface area contributed by atoms with Crippen LogP contribution in [-0.2, 0) is 11.8 Å². The summed E-state index contributed by atoms with van der Waals surface area (Å²) in [6, 6.07) is 10.2. The molecule has 25 heavy (non-hydrogen) atoms. The van der Waals surface area contributed by atoms with Gasteiger partial charge in [0.05, 0.1) is 17.1 Å². The highest BCUT2D eigenvalue weighted by Crippen LogP contribution is 2.28. The van der Waals surface area contributed by atoms with E-state index < -0.39 is 0 Å². The van der Waals surface area contributed by atoms with Gasteiger partial charge in [-0.1, -0.05) is 49.0 Å². The van der Waals surface area contributed by atoms with Crippen LogP contribution in [0.25, 0.3) is 11.3 Å². The number of amides is 1. The SMILES string of the molecule is CCN1CCN(C(=O)[C@@H](C)Sc2ncc(-c3ccccc3)n2C)CC1. The second-order valence-corrected chi connectivity index (χ2v) is 7.68. The number of thioether (sulfide) groups is 1. The molecule has 0 unspecified atom stereocenters. The fourth-order valence-electron chi connectivity index (χ4n) is 3.13. The third-order valence-corrected chi connectivity index (χ3v) is 5.92. The molecule has 0 N–H and O–H groups in total. The van der Waals surface area contributed by atoms with E-state index in [4.69, 9.17) is 0 Å². The summed E-state index contributed by atoms with van der Waals surface area (Å²) >= 11 is 1.54. The van der Waals surface area contributed by atoms with Crippen molar-refractivity contribution in [3.8, 4) is 11.3 Å². The maximum absolute atomic E-state index is 12.7. The molecule has 2 aromatic rings. The Morgan fingerprint density at radius 3 is 2.52 bits per heavy atom. The number of carbonyl (C=O) groups excluding carboxylic acids is 1. The van der Waals surface area contributed by atoms with E-state index in [1.165, 1.54) is 0 Å². The van der Waals surface area contributed by atoms with Crippen LogP contribution in [0, 0.1) is 0 Å². The van der Waals surface area contributed by atoms with Gasteiger partial charge in [-0.3, -0.25) is 4.79 Å². The predicted molar refractivity (Wildman–Crippen MR) is 103 cm³/mol. The van der Waals surface area contributed by atoms with Crippen molar-refractivity contribution in [2.24, 2.45) is 7.05 Å². The minimum absolute atomic E-state index is 0.127. The Bertz CT molecular complexity index is 707. The summed E-state index contributed by atoms with van der Waals surface area (Å²) in [5.41, 5.74) is 2.21. The number of benzene rings is 1. The average molecular weight is 359 g/mol. The summed E-state index contributed by atoms with van der Waals surface area (Å²) in [6.07, 6.45) is 1.88. The molecule has 3 rings (SSSR count). The van der Waals surface area contributed by atoms with Crippen molar-refractivity contribution in [2.75, 3.05) is 32.7 Å². The first-order valence-corrected chi connectivity index (χ1v) is 9.73. The van der Waals surface area contributed by atoms with Gasteiger partial charge in [0.25, 0.3) is 0 Å². The highest BCUT2D eigenvalue weighted by atomic mass is 32.2. The molecule has 5 nitrogen and oxygen atoms in total. The third-order valence-electron chi connectivity index (χ3n) is 4.78. The second-order valence-electron chi connectivity index (χ2n) is 6.37. The van der Waals surface area contributed by atoms with E-state index in [9.17, 15) is 4.79 Å². The number of piperazine rings is 1. The fraction of sp³-hybridized carbons (Fsp3) is 0.474.